The molecule has 0 aliphatic carbocycles. The molecular formula is C25H18F4N6O3. The Morgan fingerprint density at radius 3 is 2.42 bits per heavy atom. The van der Waals surface area contributed by atoms with Crippen molar-refractivity contribution < 1.29 is 31.9 Å². The van der Waals surface area contributed by atoms with Crippen LogP contribution in [0.15, 0.2) is 55.0 Å². The number of rotatable bonds is 5. The lowest BCUT2D eigenvalue weighted by Crippen LogP contribution is -2.44. The van der Waals surface area contributed by atoms with Crippen molar-refractivity contribution in [1.82, 2.24) is 15.3 Å². The predicted molar refractivity (Wildman–Crippen MR) is 125 cm³/mol. The van der Waals surface area contributed by atoms with E-state index in [1.807, 2.05) is 0 Å². The molecule has 0 unspecified atom stereocenters. The third-order valence-corrected chi connectivity index (χ3v) is 5.90. The number of carbonyl (C=O) groups excluding carboxylic acids is 3. The Morgan fingerprint density at radius 2 is 1.82 bits per heavy atom. The van der Waals surface area contributed by atoms with Crippen molar-refractivity contribution in [2.45, 2.75) is 32.1 Å². The Hall–Kier alpha value is -4.86. The van der Waals surface area contributed by atoms with Gasteiger partial charge in [0.15, 0.2) is 0 Å². The summed E-state index contributed by atoms with van der Waals surface area (Å²) in [6, 6.07) is 7.96. The maximum Gasteiger partial charge on any atom is 0.417 e. The molecule has 2 heterocycles. The zero-order valence-corrected chi connectivity index (χ0v) is 19.9. The van der Waals surface area contributed by atoms with Crippen LogP contribution in [-0.4, -0.2) is 33.4 Å². The van der Waals surface area contributed by atoms with Crippen LogP contribution in [0.1, 0.15) is 41.0 Å². The van der Waals surface area contributed by atoms with Gasteiger partial charge in [-0.1, -0.05) is 6.07 Å². The van der Waals surface area contributed by atoms with Crippen LogP contribution in [0.2, 0.25) is 0 Å². The van der Waals surface area contributed by atoms with Crippen LogP contribution < -0.4 is 15.1 Å². The molecule has 0 atom stereocenters. The minimum Gasteiger partial charge on any atom is -0.347 e. The monoisotopic (exact) mass is 526 g/mol. The van der Waals surface area contributed by atoms with Gasteiger partial charge in [-0.2, -0.15) is 18.4 Å². The maximum absolute atomic E-state index is 15.0. The van der Waals surface area contributed by atoms with Gasteiger partial charge < -0.3 is 5.32 Å². The first kappa shape index (κ1) is 26.2. The summed E-state index contributed by atoms with van der Waals surface area (Å²) < 4.78 is 55.3. The number of nitrogens with one attached hydrogen (secondary N) is 1. The minimum absolute atomic E-state index is 0.0242. The summed E-state index contributed by atoms with van der Waals surface area (Å²) in [4.78, 5) is 47.7. The highest BCUT2D eigenvalue weighted by Crippen LogP contribution is 2.39. The van der Waals surface area contributed by atoms with Gasteiger partial charge in [0.1, 0.15) is 23.4 Å². The van der Waals surface area contributed by atoms with Gasteiger partial charge in [-0.25, -0.2) is 24.1 Å². The number of hydrogen-bond acceptors (Lipinski definition) is 6. The summed E-state index contributed by atoms with van der Waals surface area (Å²) in [5.74, 6) is -2.20. The summed E-state index contributed by atoms with van der Waals surface area (Å²) in [5.41, 5.74) is -3.80. The molecule has 13 heteroatoms. The Balaban J connectivity index is 1.62. The van der Waals surface area contributed by atoms with Crippen molar-refractivity contribution in [3.63, 3.8) is 0 Å². The van der Waals surface area contributed by atoms with Gasteiger partial charge in [-0.15, -0.1) is 0 Å². The van der Waals surface area contributed by atoms with Crippen molar-refractivity contribution in [3.05, 3.63) is 83.2 Å². The van der Waals surface area contributed by atoms with Crippen molar-refractivity contribution in [2.75, 3.05) is 9.80 Å². The normalized spacial score (nSPS) is 15.0. The number of amides is 4. The standard InChI is InChI=1S/C25H18F4N6O3/c1-24(2)22(37)34(16-5-3-14(11-30)18(9-16)25(27,28)29)23(38)35(24)17-6-4-15(19(26)10-17)12-32-21(36)20-7-8-31-13-33-20/h3-10,13H,12H2,1-2H3,(H,32,36). The summed E-state index contributed by atoms with van der Waals surface area (Å²) in [6.07, 6.45) is -2.34. The number of benzene rings is 2. The molecule has 0 bridgehead atoms. The Kier molecular flexibility index (Phi) is 6.58. The molecule has 1 fully saturated rings. The van der Waals surface area contributed by atoms with Crippen LogP contribution in [0.4, 0.5) is 33.7 Å². The Labute approximate surface area is 213 Å². The SMILES string of the molecule is CC1(C)C(=O)N(c2ccc(C#N)c(C(F)(F)F)c2)C(=O)N1c1ccc(CNC(=O)c2ccncn2)c(F)c1. The molecule has 38 heavy (non-hydrogen) atoms. The lowest BCUT2D eigenvalue weighted by Gasteiger charge is -2.28. The Morgan fingerprint density at radius 1 is 1.11 bits per heavy atom. The average molecular weight is 526 g/mol. The van der Waals surface area contributed by atoms with Crippen LogP contribution in [0.25, 0.3) is 0 Å². The number of imide groups is 1. The number of alkyl halides is 3. The van der Waals surface area contributed by atoms with E-state index >= 15 is 0 Å². The molecule has 0 saturated carbocycles. The second kappa shape index (κ2) is 9.55. The van der Waals surface area contributed by atoms with E-state index in [0.29, 0.717) is 11.0 Å². The molecule has 1 saturated heterocycles. The molecule has 4 amide bonds. The van der Waals surface area contributed by atoms with Gasteiger partial charge in [-0.05, 0) is 50.2 Å². The number of nitriles is 1. The van der Waals surface area contributed by atoms with E-state index in [9.17, 15) is 31.9 Å². The molecule has 0 spiro atoms. The van der Waals surface area contributed by atoms with Crippen LogP contribution in [0.3, 0.4) is 0 Å². The molecule has 1 N–H and O–H groups in total. The fraction of sp³-hybridized carbons (Fsp3) is 0.200. The number of nitrogens with zero attached hydrogens (tertiary/aromatic N) is 5. The first-order valence-corrected chi connectivity index (χ1v) is 11.0. The number of hydrogen-bond donors (Lipinski definition) is 1. The molecule has 1 aliphatic rings. The van der Waals surface area contributed by atoms with E-state index < -0.39 is 46.5 Å². The van der Waals surface area contributed by atoms with E-state index in [1.54, 1.807) is 0 Å². The molecule has 3 aromatic rings. The van der Waals surface area contributed by atoms with Gasteiger partial charge >= 0.3 is 12.2 Å². The molecule has 194 valence electrons. The van der Waals surface area contributed by atoms with Crippen molar-refractivity contribution in [1.29, 1.82) is 5.26 Å². The van der Waals surface area contributed by atoms with Gasteiger partial charge in [-0.3, -0.25) is 14.5 Å². The van der Waals surface area contributed by atoms with E-state index in [-0.39, 0.29) is 29.2 Å². The van der Waals surface area contributed by atoms with Crippen molar-refractivity contribution in [3.8, 4) is 6.07 Å². The molecule has 1 aromatic heterocycles. The van der Waals surface area contributed by atoms with Gasteiger partial charge in [0, 0.05) is 24.0 Å². The maximum atomic E-state index is 15.0. The van der Waals surface area contributed by atoms with E-state index in [2.05, 4.69) is 15.3 Å². The minimum atomic E-state index is -4.90. The largest absolute Gasteiger partial charge is 0.417 e. The third-order valence-electron chi connectivity index (χ3n) is 5.90. The van der Waals surface area contributed by atoms with Crippen molar-refractivity contribution in [2.24, 2.45) is 0 Å². The first-order chi connectivity index (χ1) is 17.9. The summed E-state index contributed by atoms with van der Waals surface area (Å²) in [5, 5.41) is 11.5. The van der Waals surface area contributed by atoms with Gasteiger partial charge in [0.2, 0.25) is 0 Å². The van der Waals surface area contributed by atoms with Crippen LogP contribution >= 0.6 is 0 Å². The van der Waals surface area contributed by atoms with E-state index in [0.717, 1.165) is 23.1 Å². The zero-order valence-electron chi connectivity index (χ0n) is 19.9. The number of halogens is 4. The number of anilines is 2. The quantitative estimate of drug-likeness (QED) is 0.393. The van der Waals surface area contributed by atoms with Crippen LogP contribution in [-0.2, 0) is 17.5 Å². The van der Waals surface area contributed by atoms with E-state index in [4.69, 9.17) is 5.26 Å². The smallest absolute Gasteiger partial charge is 0.347 e. The summed E-state index contributed by atoms with van der Waals surface area (Å²) >= 11 is 0. The van der Waals surface area contributed by atoms with Crippen molar-refractivity contribution >= 4 is 29.2 Å². The molecule has 1 aliphatic heterocycles. The van der Waals surface area contributed by atoms with Gasteiger partial charge in [0.25, 0.3) is 11.8 Å². The molecule has 2 aromatic carbocycles. The van der Waals surface area contributed by atoms with E-state index in [1.165, 1.54) is 50.6 Å². The highest BCUT2D eigenvalue weighted by molar-refractivity contribution is 6.30. The highest BCUT2D eigenvalue weighted by Gasteiger charge is 2.53. The lowest BCUT2D eigenvalue weighted by molar-refractivity contribution is -0.137. The fourth-order valence-electron chi connectivity index (χ4n) is 3.97. The first-order valence-electron chi connectivity index (χ1n) is 11.0. The fourth-order valence-corrected chi connectivity index (χ4v) is 3.97. The number of carbonyl (C=O) groups is 3. The van der Waals surface area contributed by atoms with Gasteiger partial charge in [0.05, 0.1) is 22.9 Å². The lowest BCUT2D eigenvalue weighted by atomic mass is 10.0. The molecule has 0 radical (unpaired) electrons. The third kappa shape index (κ3) is 4.63. The van der Waals surface area contributed by atoms with Crippen LogP contribution in [0.5, 0.6) is 0 Å². The molecule has 9 nitrogen and oxygen atoms in total. The van der Waals surface area contributed by atoms with Crippen LogP contribution in [0, 0.1) is 17.1 Å². The average Bonchev–Trinajstić information content (AvgIpc) is 3.05. The second-order valence-electron chi connectivity index (χ2n) is 8.71. The molecular weight excluding hydrogens is 508 g/mol. The summed E-state index contributed by atoms with van der Waals surface area (Å²) in [6.45, 7) is 2.54. The Bertz CT molecular complexity index is 1480. The molecule has 4 rings (SSSR count). The number of aromatic nitrogens is 2. The topological polar surface area (TPSA) is 119 Å². The zero-order chi connectivity index (χ0) is 27.8. The summed E-state index contributed by atoms with van der Waals surface area (Å²) in [7, 11) is 0. The predicted octanol–water partition coefficient (Wildman–Crippen LogP) is 4.19. The number of urea groups is 1. The second-order valence-corrected chi connectivity index (χ2v) is 8.71. The highest BCUT2D eigenvalue weighted by atomic mass is 19.4.